The van der Waals surface area contributed by atoms with E-state index in [9.17, 15) is 4.79 Å². The van der Waals surface area contributed by atoms with E-state index in [0.717, 1.165) is 42.9 Å². The summed E-state index contributed by atoms with van der Waals surface area (Å²) < 4.78 is 0. The number of fused-ring (bicyclic) bond motifs is 4. The van der Waals surface area contributed by atoms with Crippen molar-refractivity contribution in [3.05, 3.63) is 34.5 Å². The van der Waals surface area contributed by atoms with Gasteiger partial charge in [-0.05, 0) is 17.7 Å². The van der Waals surface area contributed by atoms with E-state index in [1.807, 2.05) is 12.1 Å². The third-order valence-electron chi connectivity index (χ3n) is 8.18. The molecule has 7 rings (SSSR count). The molecule has 4 aliphatic heterocycles. The third-order valence-corrected chi connectivity index (χ3v) is 8.42. The second-order valence-electron chi connectivity index (χ2n) is 9.65. The number of quaternary nitrogens is 1. The van der Waals surface area contributed by atoms with Crippen molar-refractivity contribution >= 4 is 28.4 Å². The van der Waals surface area contributed by atoms with E-state index in [1.165, 1.54) is 23.1 Å². The Kier molecular flexibility index (Phi) is 2.67. The quantitative estimate of drug-likeness (QED) is 0.652. The number of amides is 1. The number of nitrogens with one attached hydrogen (secondary N) is 3. The van der Waals surface area contributed by atoms with Crippen LogP contribution in [0, 0.1) is 5.92 Å². The molecule has 5 heteroatoms. The number of piperidine rings is 2. The number of hydrogen-bond acceptors (Lipinski definition) is 1. The number of halogens is 1. The highest BCUT2D eigenvalue weighted by Crippen LogP contribution is 2.54. The van der Waals surface area contributed by atoms with Gasteiger partial charge in [-0.1, -0.05) is 31.5 Å². The molecule has 1 aliphatic carbocycles. The van der Waals surface area contributed by atoms with Crippen molar-refractivity contribution in [2.75, 3.05) is 13.1 Å². The SMILES string of the molecule is CC1(C)c2[nH]c3cc(Cl)ccc3c2C[C@@]23C[NH+]4CCC[C@]4(C[C@@H]12)C(=O)N3. The summed E-state index contributed by atoms with van der Waals surface area (Å²) in [6.07, 6.45) is 4.19. The number of benzene rings is 1. The summed E-state index contributed by atoms with van der Waals surface area (Å²) in [5.74, 6) is 0.792. The summed E-state index contributed by atoms with van der Waals surface area (Å²) in [7, 11) is 0. The first-order valence-electron chi connectivity index (χ1n) is 9.84. The minimum absolute atomic E-state index is 0.00784. The van der Waals surface area contributed by atoms with Crippen molar-refractivity contribution in [3.8, 4) is 0 Å². The number of aromatic amines is 1. The monoisotopic (exact) mass is 370 g/mol. The molecule has 2 bridgehead atoms. The van der Waals surface area contributed by atoms with E-state index in [4.69, 9.17) is 11.6 Å². The Balaban J connectivity index is 1.59. The van der Waals surface area contributed by atoms with Crippen LogP contribution in [-0.2, 0) is 16.6 Å². The topological polar surface area (TPSA) is 49.3 Å². The average molecular weight is 371 g/mol. The van der Waals surface area contributed by atoms with Gasteiger partial charge in [0, 0.05) is 58.6 Å². The van der Waals surface area contributed by atoms with E-state index in [1.54, 1.807) is 4.90 Å². The fraction of sp³-hybridized carbons (Fsp3) is 0.571. The van der Waals surface area contributed by atoms with Crippen LogP contribution in [0.2, 0.25) is 5.02 Å². The van der Waals surface area contributed by atoms with Crippen LogP contribution < -0.4 is 10.2 Å². The average Bonchev–Trinajstić information content (AvgIpc) is 3.15. The van der Waals surface area contributed by atoms with Gasteiger partial charge in [0.25, 0.3) is 5.91 Å². The highest BCUT2D eigenvalue weighted by Gasteiger charge is 2.71. The molecule has 26 heavy (non-hydrogen) atoms. The molecule has 1 unspecified atom stereocenters. The van der Waals surface area contributed by atoms with E-state index >= 15 is 0 Å². The van der Waals surface area contributed by atoms with Gasteiger partial charge in [-0.2, -0.15) is 0 Å². The second-order valence-corrected chi connectivity index (χ2v) is 10.1. The molecule has 0 radical (unpaired) electrons. The molecule has 1 amide bonds. The number of rotatable bonds is 0. The molecule has 1 aromatic carbocycles. The normalized spacial score (nSPS) is 39.4. The van der Waals surface area contributed by atoms with Crippen LogP contribution in [0.15, 0.2) is 18.2 Å². The van der Waals surface area contributed by atoms with Crippen molar-refractivity contribution in [1.29, 1.82) is 0 Å². The zero-order chi connectivity index (χ0) is 17.9. The Morgan fingerprint density at radius 3 is 3.00 bits per heavy atom. The molecule has 1 aromatic heterocycles. The number of carbonyl (C=O) groups excluding carboxylic acids is 1. The van der Waals surface area contributed by atoms with Gasteiger partial charge in [-0.25, -0.2) is 0 Å². The van der Waals surface area contributed by atoms with E-state index in [-0.39, 0.29) is 16.5 Å². The maximum Gasteiger partial charge on any atom is 0.282 e. The molecule has 0 saturated carbocycles. The molecule has 3 N–H and O–H groups in total. The first-order valence-corrected chi connectivity index (χ1v) is 10.2. The van der Waals surface area contributed by atoms with Crippen molar-refractivity contribution in [1.82, 2.24) is 10.3 Å². The first kappa shape index (κ1) is 15.5. The summed E-state index contributed by atoms with van der Waals surface area (Å²) in [5.41, 5.74) is 3.58. The lowest BCUT2D eigenvalue weighted by molar-refractivity contribution is -0.944. The lowest BCUT2D eigenvalue weighted by atomic mass is 9.51. The maximum absolute atomic E-state index is 13.1. The number of carbonyl (C=O) groups is 1. The third kappa shape index (κ3) is 1.60. The Bertz CT molecular complexity index is 979. The molecule has 4 nitrogen and oxygen atoms in total. The van der Waals surface area contributed by atoms with Crippen molar-refractivity contribution in [3.63, 3.8) is 0 Å². The highest BCUT2D eigenvalue weighted by molar-refractivity contribution is 6.31. The minimum atomic E-state index is -0.170. The van der Waals surface area contributed by atoms with E-state index in [2.05, 4.69) is 30.2 Å². The van der Waals surface area contributed by atoms with Crippen LogP contribution in [0.5, 0.6) is 0 Å². The van der Waals surface area contributed by atoms with Crippen LogP contribution in [0.1, 0.15) is 44.4 Å². The number of aromatic nitrogens is 1. The molecule has 4 atom stereocenters. The van der Waals surface area contributed by atoms with Gasteiger partial charge >= 0.3 is 0 Å². The predicted octanol–water partition coefficient (Wildman–Crippen LogP) is 1.96. The van der Waals surface area contributed by atoms with Crippen molar-refractivity contribution < 1.29 is 9.69 Å². The minimum Gasteiger partial charge on any atom is -0.358 e. The summed E-state index contributed by atoms with van der Waals surface area (Å²) in [4.78, 5) is 18.4. The Hall–Kier alpha value is -1.52. The fourth-order valence-corrected chi connectivity index (χ4v) is 7.21. The Morgan fingerprint density at radius 2 is 2.15 bits per heavy atom. The van der Waals surface area contributed by atoms with Gasteiger partial charge in [-0.15, -0.1) is 0 Å². The maximum atomic E-state index is 13.1. The summed E-state index contributed by atoms with van der Waals surface area (Å²) >= 11 is 6.24. The smallest absolute Gasteiger partial charge is 0.282 e. The Labute approximate surface area is 158 Å². The standard InChI is InChI=1S/C21H24ClN3O/c1-19(2)16-10-21-6-3-7-25(21)11-20(16,24-18(21)26)9-14-13-5-4-12(22)8-15(13)23-17(14)19/h4-5,8,16,23H,3,6-7,9-11H2,1-2H3,(H,24,26)/p+1/t16-,20+,21-/m0/s1. The van der Waals surface area contributed by atoms with Gasteiger partial charge in [0.2, 0.25) is 0 Å². The van der Waals surface area contributed by atoms with Gasteiger partial charge < -0.3 is 15.2 Å². The molecule has 4 saturated heterocycles. The lowest BCUT2D eigenvalue weighted by Gasteiger charge is -2.63. The first-order chi connectivity index (χ1) is 12.4. The van der Waals surface area contributed by atoms with Crippen molar-refractivity contribution in [2.24, 2.45) is 5.92 Å². The molecule has 136 valence electrons. The van der Waals surface area contributed by atoms with Gasteiger partial charge in [0.05, 0.1) is 12.1 Å². The number of piperazine rings is 1. The largest absolute Gasteiger partial charge is 0.358 e. The van der Waals surface area contributed by atoms with Gasteiger partial charge in [-0.3, -0.25) is 4.79 Å². The van der Waals surface area contributed by atoms with Gasteiger partial charge in [0.15, 0.2) is 5.54 Å². The second kappa shape index (κ2) is 4.48. The highest BCUT2D eigenvalue weighted by atomic mass is 35.5. The van der Waals surface area contributed by atoms with Crippen LogP contribution in [0.3, 0.4) is 0 Å². The summed E-state index contributed by atoms with van der Waals surface area (Å²) in [6, 6.07) is 6.15. The molecule has 4 fully saturated rings. The molecule has 5 heterocycles. The van der Waals surface area contributed by atoms with Crippen LogP contribution in [0.25, 0.3) is 10.9 Å². The predicted molar refractivity (Wildman–Crippen MR) is 102 cm³/mol. The summed E-state index contributed by atoms with van der Waals surface area (Å²) in [5, 5.41) is 5.58. The molecular formula is C21H25ClN3O+. The zero-order valence-electron chi connectivity index (χ0n) is 15.3. The van der Waals surface area contributed by atoms with E-state index < -0.39 is 0 Å². The molecular weight excluding hydrogens is 346 g/mol. The van der Waals surface area contributed by atoms with Crippen LogP contribution >= 0.6 is 11.6 Å². The van der Waals surface area contributed by atoms with Crippen molar-refractivity contribution in [2.45, 2.75) is 56.0 Å². The van der Waals surface area contributed by atoms with Crippen LogP contribution in [-0.4, -0.2) is 35.1 Å². The van der Waals surface area contributed by atoms with E-state index in [0.29, 0.717) is 11.8 Å². The Morgan fingerprint density at radius 1 is 1.31 bits per heavy atom. The van der Waals surface area contributed by atoms with Crippen LogP contribution in [0.4, 0.5) is 0 Å². The lowest BCUT2D eigenvalue weighted by Crippen LogP contribution is -3.26. The molecule has 5 aliphatic rings. The zero-order valence-corrected chi connectivity index (χ0v) is 16.1. The van der Waals surface area contributed by atoms with Gasteiger partial charge in [0.1, 0.15) is 6.54 Å². The molecule has 2 spiro atoms. The summed E-state index contributed by atoms with van der Waals surface area (Å²) in [6.45, 7) is 6.96. The fourth-order valence-electron chi connectivity index (χ4n) is 7.04. The number of H-pyrrole nitrogens is 1. The number of hydrogen-bond donors (Lipinski definition) is 3. The molecule has 2 aromatic rings.